The largest absolute Gasteiger partial charge is 0.392 e. The maximum absolute atomic E-state index is 12.5. The van der Waals surface area contributed by atoms with Gasteiger partial charge in [-0.3, -0.25) is 9.48 Å². The third-order valence-electron chi connectivity index (χ3n) is 5.46. The Kier molecular flexibility index (Phi) is 4.26. The highest BCUT2D eigenvalue weighted by atomic mass is 16.3. The number of likely N-dealkylation sites (tertiary alicyclic amines) is 1. The van der Waals surface area contributed by atoms with Gasteiger partial charge in [-0.2, -0.15) is 5.10 Å². The third-order valence-corrected chi connectivity index (χ3v) is 5.46. The van der Waals surface area contributed by atoms with E-state index in [-0.39, 0.29) is 17.4 Å². The summed E-state index contributed by atoms with van der Waals surface area (Å²) in [6.45, 7) is 6.22. The lowest BCUT2D eigenvalue weighted by atomic mass is 9.76. The number of aromatic nitrogens is 2. The zero-order chi connectivity index (χ0) is 15.7. The van der Waals surface area contributed by atoms with Gasteiger partial charge in [0.05, 0.1) is 11.8 Å². The lowest BCUT2D eigenvalue weighted by Crippen LogP contribution is -2.49. The minimum absolute atomic E-state index is 0.0217. The van der Waals surface area contributed by atoms with Crippen molar-refractivity contribution in [2.24, 2.45) is 5.41 Å². The fourth-order valence-corrected chi connectivity index (χ4v) is 4.23. The first-order chi connectivity index (χ1) is 10.5. The maximum Gasteiger partial charge on any atom is 0.224 e. The summed E-state index contributed by atoms with van der Waals surface area (Å²) >= 11 is 0. The fraction of sp³-hybridized carbons (Fsp3) is 0.765. The average Bonchev–Trinajstić information content (AvgIpc) is 2.99. The second-order valence-corrected chi connectivity index (χ2v) is 7.09. The van der Waals surface area contributed by atoms with Gasteiger partial charge in [0.1, 0.15) is 0 Å². The molecular weight excluding hydrogens is 278 g/mol. The molecule has 5 nitrogen and oxygen atoms in total. The summed E-state index contributed by atoms with van der Waals surface area (Å²) in [7, 11) is 0. The van der Waals surface area contributed by atoms with Gasteiger partial charge in [-0.15, -0.1) is 0 Å². The van der Waals surface area contributed by atoms with Crippen molar-refractivity contribution in [2.45, 2.75) is 65.0 Å². The second kappa shape index (κ2) is 6.03. The van der Waals surface area contributed by atoms with Crippen LogP contribution in [-0.4, -0.2) is 44.9 Å². The molecule has 0 radical (unpaired) electrons. The number of aliphatic hydroxyl groups excluding tert-OH is 1. The number of piperidine rings is 1. The first-order valence-electron chi connectivity index (χ1n) is 8.47. The van der Waals surface area contributed by atoms with Crippen LogP contribution < -0.4 is 0 Å². The molecule has 1 aromatic heterocycles. The monoisotopic (exact) mass is 305 g/mol. The molecule has 1 N–H and O–H groups in total. The number of nitrogens with zero attached hydrogens (tertiary/aromatic N) is 3. The second-order valence-electron chi connectivity index (χ2n) is 7.09. The summed E-state index contributed by atoms with van der Waals surface area (Å²) in [6, 6.07) is 2.04. The van der Waals surface area contributed by atoms with Gasteiger partial charge in [-0.05, 0) is 45.6 Å². The van der Waals surface area contributed by atoms with Gasteiger partial charge in [-0.25, -0.2) is 0 Å². The molecule has 2 heterocycles. The van der Waals surface area contributed by atoms with Crippen LogP contribution in [0.2, 0.25) is 0 Å². The molecule has 2 atom stereocenters. The molecule has 2 fully saturated rings. The van der Waals surface area contributed by atoms with Crippen molar-refractivity contribution in [1.82, 2.24) is 14.7 Å². The number of hydrogen-bond acceptors (Lipinski definition) is 3. The van der Waals surface area contributed by atoms with Gasteiger partial charge in [0.15, 0.2) is 0 Å². The molecule has 22 heavy (non-hydrogen) atoms. The van der Waals surface area contributed by atoms with Crippen LogP contribution in [0, 0.1) is 19.3 Å². The predicted molar refractivity (Wildman–Crippen MR) is 84.4 cm³/mol. The molecular formula is C17H27N3O2. The van der Waals surface area contributed by atoms with E-state index in [1.807, 2.05) is 29.5 Å². The topological polar surface area (TPSA) is 58.4 Å². The van der Waals surface area contributed by atoms with Crippen LogP contribution in [0.15, 0.2) is 6.07 Å². The predicted octanol–water partition coefficient (Wildman–Crippen LogP) is 2.04. The van der Waals surface area contributed by atoms with E-state index in [1.165, 1.54) is 0 Å². The molecule has 0 bridgehead atoms. The van der Waals surface area contributed by atoms with E-state index >= 15 is 0 Å². The molecule has 1 saturated carbocycles. The van der Waals surface area contributed by atoms with Gasteiger partial charge in [0.2, 0.25) is 5.91 Å². The summed E-state index contributed by atoms with van der Waals surface area (Å²) < 4.78 is 1.91. The standard InChI is InChI=1S/C17H27N3O2/c1-13-11-14(2)20(18-13)10-6-16(22)19-9-4-8-17(12-19)7-3-5-15(17)21/h11,15,21H,3-10,12H2,1-2H3/t15-,17+/m1/s1. The van der Waals surface area contributed by atoms with Crippen molar-refractivity contribution in [3.63, 3.8) is 0 Å². The van der Waals surface area contributed by atoms with E-state index in [4.69, 9.17) is 0 Å². The van der Waals surface area contributed by atoms with Crippen LogP contribution in [0.1, 0.15) is 49.9 Å². The van der Waals surface area contributed by atoms with Gasteiger partial charge in [0, 0.05) is 37.2 Å². The van der Waals surface area contributed by atoms with Crippen molar-refractivity contribution in [1.29, 1.82) is 0 Å². The minimum Gasteiger partial charge on any atom is -0.392 e. The molecule has 0 unspecified atom stereocenters. The molecule has 1 aliphatic carbocycles. The number of hydrogen-bond donors (Lipinski definition) is 1. The normalized spacial score (nSPS) is 28.5. The Morgan fingerprint density at radius 1 is 1.41 bits per heavy atom. The summed E-state index contributed by atoms with van der Waals surface area (Å²) in [5, 5.41) is 14.7. The number of carbonyl (C=O) groups is 1. The maximum atomic E-state index is 12.5. The highest BCUT2D eigenvalue weighted by molar-refractivity contribution is 5.76. The zero-order valence-corrected chi connectivity index (χ0v) is 13.7. The zero-order valence-electron chi connectivity index (χ0n) is 13.7. The van der Waals surface area contributed by atoms with Gasteiger partial charge < -0.3 is 10.0 Å². The Bertz CT molecular complexity index is 554. The Morgan fingerprint density at radius 2 is 2.18 bits per heavy atom. The lowest BCUT2D eigenvalue weighted by Gasteiger charge is -2.42. The summed E-state index contributed by atoms with van der Waals surface area (Å²) in [5.41, 5.74) is 2.08. The Hall–Kier alpha value is -1.36. The van der Waals surface area contributed by atoms with E-state index in [2.05, 4.69) is 5.10 Å². The lowest BCUT2D eigenvalue weighted by molar-refractivity contribution is -0.136. The number of aliphatic hydroxyl groups is 1. The van der Waals surface area contributed by atoms with Crippen molar-refractivity contribution in [3.05, 3.63) is 17.5 Å². The van der Waals surface area contributed by atoms with Gasteiger partial charge in [-0.1, -0.05) is 6.42 Å². The number of amides is 1. The summed E-state index contributed by atoms with van der Waals surface area (Å²) in [4.78, 5) is 14.5. The van der Waals surface area contributed by atoms with E-state index in [0.29, 0.717) is 13.0 Å². The van der Waals surface area contributed by atoms with Crippen molar-refractivity contribution in [3.8, 4) is 0 Å². The van der Waals surface area contributed by atoms with E-state index in [9.17, 15) is 9.90 Å². The smallest absolute Gasteiger partial charge is 0.224 e. The number of aryl methyl sites for hydroxylation is 3. The molecule has 0 aromatic carbocycles. The molecule has 3 rings (SSSR count). The fourth-order valence-electron chi connectivity index (χ4n) is 4.23. The average molecular weight is 305 g/mol. The Morgan fingerprint density at radius 3 is 2.82 bits per heavy atom. The van der Waals surface area contributed by atoms with Crippen molar-refractivity contribution < 1.29 is 9.90 Å². The van der Waals surface area contributed by atoms with Gasteiger partial charge >= 0.3 is 0 Å². The Balaban J connectivity index is 1.59. The highest BCUT2D eigenvalue weighted by Gasteiger charge is 2.45. The van der Waals surface area contributed by atoms with E-state index < -0.39 is 0 Å². The minimum atomic E-state index is -0.223. The van der Waals surface area contributed by atoms with Crippen LogP contribution in [0.3, 0.4) is 0 Å². The van der Waals surface area contributed by atoms with Crippen LogP contribution >= 0.6 is 0 Å². The van der Waals surface area contributed by atoms with Crippen molar-refractivity contribution >= 4 is 5.91 Å². The first kappa shape index (κ1) is 15.5. The Labute approximate surface area is 132 Å². The molecule has 1 saturated heterocycles. The van der Waals surface area contributed by atoms with E-state index in [1.54, 1.807) is 0 Å². The highest BCUT2D eigenvalue weighted by Crippen LogP contribution is 2.45. The third kappa shape index (κ3) is 2.91. The summed E-state index contributed by atoms with van der Waals surface area (Å²) in [5.74, 6) is 0.200. The molecule has 2 aliphatic rings. The summed E-state index contributed by atoms with van der Waals surface area (Å²) in [6.07, 6.45) is 5.41. The first-order valence-corrected chi connectivity index (χ1v) is 8.47. The number of rotatable bonds is 3. The SMILES string of the molecule is Cc1cc(C)n(CCC(=O)N2CCC[C@@]3(CCC[C@H]3O)C2)n1. The van der Waals surface area contributed by atoms with Gasteiger partial charge in [0.25, 0.3) is 0 Å². The molecule has 1 aromatic rings. The van der Waals surface area contributed by atoms with Crippen molar-refractivity contribution in [2.75, 3.05) is 13.1 Å². The van der Waals surface area contributed by atoms with E-state index in [0.717, 1.165) is 56.6 Å². The van der Waals surface area contributed by atoms with Crippen LogP contribution in [-0.2, 0) is 11.3 Å². The molecule has 1 spiro atoms. The number of carbonyl (C=O) groups excluding carboxylic acids is 1. The van der Waals surface area contributed by atoms with Crippen LogP contribution in [0.25, 0.3) is 0 Å². The van der Waals surface area contributed by atoms with Crippen LogP contribution in [0.4, 0.5) is 0 Å². The molecule has 1 amide bonds. The molecule has 1 aliphatic heterocycles. The van der Waals surface area contributed by atoms with Crippen LogP contribution in [0.5, 0.6) is 0 Å². The quantitative estimate of drug-likeness (QED) is 0.930. The molecule has 122 valence electrons. The molecule has 5 heteroatoms.